The summed E-state index contributed by atoms with van der Waals surface area (Å²) in [5.74, 6) is 0. The number of hydrogen-bond donors (Lipinski definition) is 2. The topological polar surface area (TPSA) is 53.1 Å². The van der Waals surface area contributed by atoms with Gasteiger partial charge in [-0.15, -0.1) is 0 Å². The van der Waals surface area contributed by atoms with Gasteiger partial charge in [0, 0.05) is 31.2 Å². The predicted molar refractivity (Wildman–Crippen MR) is 117 cm³/mol. The Morgan fingerprint density at radius 3 is 2.48 bits per heavy atom. The van der Waals surface area contributed by atoms with Gasteiger partial charge in [-0.05, 0) is 56.3 Å². The van der Waals surface area contributed by atoms with Crippen LogP contribution in [0.25, 0.3) is 11.0 Å². The number of nitrogens with one attached hydrogen (secondary N) is 2. The Morgan fingerprint density at radius 2 is 1.66 bits per heavy atom. The van der Waals surface area contributed by atoms with Crippen LogP contribution in [0.15, 0.2) is 59.4 Å². The second-order valence-electron chi connectivity index (χ2n) is 8.60. The second-order valence-corrected chi connectivity index (χ2v) is 8.60. The Kier molecular flexibility index (Phi) is 5.25. The van der Waals surface area contributed by atoms with E-state index in [1.807, 2.05) is 22.8 Å². The highest BCUT2D eigenvalue weighted by Gasteiger charge is 2.30. The highest BCUT2D eigenvalue weighted by Crippen LogP contribution is 2.28. The molecule has 0 radical (unpaired) electrons. The van der Waals surface area contributed by atoms with Gasteiger partial charge in [-0.3, -0.25) is 4.57 Å². The van der Waals surface area contributed by atoms with Crippen LogP contribution < -0.4 is 11.0 Å². The van der Waals surface area contributed by atoms with Crippen molar-refractivity contribution in [1.29, 1.82) is 0 Å². The molecule has 2 saturated heterocycles. The first kappa shape index (κ1) is 18.6. The fraction of sp³-hybridized carbons (Fsp3) is 0.458. The van der Waals surface area contributed by atoms with Crippen LogP contribution in [-0.2, 0) is 6.42 Å². The summed E-state index contributed by atoms with van der Waals surface area (Å²) in [5.41, 5.74) is 3.44. The summed E-state index contributed by atoms with van der Waals surface area (Å²) in [6.07, 6.45) is 5.65. The third-order valence-electron chi connectivity index (χ3n) is 6.80. The van der Waals surface area contributed by atoms with Gasteiger partial charge in [0.1, 0.15) is 0 Å². The summed E-state index contributed by atoms with van der Waals surface area (Å²) in [6.45, 7) is 3.27. The van der Waals surface area contributed by atoms with E-state index in [9.17, 15) is 4.79 Å². The quantitative estimate of drug-likeness (QED) is 0.718. The zero-order chi connectivity index (χ0) is 19.6. The molecule has 5 heteroatoms. The summed E-state index contributed by atoms with van der Waals surface area (Å²) < 4.78 is 1.99. The maximum Gasteiger partial charge on any atom is 0.326 e. The van der Waals surface area contributed by atoms with E-state index in [-0.39, 0.29) is 5.69 Å². The maximum absolute atomic E-state index is 12.5. The first-order valence-electron chi connectivity index (χ1n) is 11.0. The van der Waals surface area contributed by atoms with E-state index < -0.39 is 0 Å². The number of fused-ring (bicyclic) bond motifs is 1. The summed E-state index contributed by atoms with van der Waals surface area (Å²) >= 11 is 0. The van der Waals surface area contributed by atoms with Crippen molar-refractivity contribution in [3.63, 3.8) is 0 Å². The van der Waals surface area contributed by atoms with Gasteiger partial charge in [-0.1, -0.05) is 42.5 Å². The summed E-state index contributed by atoms with van der Waals surface area (Å²) in [6, 6.07) is 20.4. The number of likely N-dealkylation sites (tertiary alicyclic amines) is 1. The minimum absolute atomic E-state index is 0.0365. The number of hydrogen-bond acceptors (Lipinski definition) is 3. The molecule has 2 aromatic carbocycles. The number of para-hydroxylation sites is 2. The molecular weight excluding hydrogens is 360 g/mol. The Balaban J connectivity index is 1.22. The number of imidazole rings is 1. The number of rotatable bonds is 4. The zero-order valence-electron chi connectivity index (χ0n) is 16.9. The lowest BCUT2D eigenvalue weighted by atomic mass is 9.91. The minimum Gasteiger partial charge on any atom is -0.314 e. The predicted octanol–water partition coefficient (Wildman–Crippen LogP) is 3.33. The highest BCUT2D eigenvalue weighted by molar-refractivity contribution is 5.75. The van der Waals surface area contributed by atoms with E-state index in [1.54, 1.807) is 0 Å². The number of nitrogens with zero attached hydrogens (tertiary/aromatic N) is 2. The number of piperidine rings is 2. The molecule has 0 aliphatic carbocycles. The van der Waals surface area contributed by atoms with Gasteiger partial charge >= 0.3 is 5.69 Å². The van der Waals surface area contributed by atoms with Gasteiger partial charge in [0.15, 0.2) is 0 Å². The molecule has 2 N–H and O–H groups in total. The third-order valence-corrected chi connectivity index (χ3v) is 6.80. The van der Waals surface area contributed by atoms with E-state index in [0.29, 0.717) is 18.1 Å². The largest absolute Gasteiger partial charge is 0.326 e. The number of aromatic amines is 1. The lowest BCUT2D eigenvalue weighted by molar-refractivity contribution is 0.101. The van der Waals surface area contributed by atoms with E-state index in [1.165, 1.54) is 18.4 Å². The van der Waals surface area contributed by atoms with Gasteiger partial charge in [0.05, 0.1) is 11.0 Å². The molecular formula is C24H30N4O. The van der Waals surface area contributed by atoms with Crippen molar-refractivity contribution in [2.24, 2.45) is 0 Å². The average Bonchev–Trinajstić information content (AvgIpc) is 3.10. The molecule has 152 valence electrons. The van der Waals surface area contributed by atoms with Crippen LogP contribution >= 0.6 is 0 Å². The fourth-order valence-electron chi connectivity index (χ4n) is 5.32. The molecule has 3 aromatic rings. The van der Waals surface area contributed by atoms with Crippen molar-refractivity contribution in [3.05, 3.63) is 70.6 Å². The molecule has 3 heterocycles. The second kappa shape index (κ2) is 8.17. The van der Waals surface area contributed by atoms with Gasteiger partial charge < -0.3 is 15.2 Å². The number of aromatic nitrogens is 2. The van der Waals surface area contributed by atoms with E-state index in [2.05, 4.69) is 51.6 Å². The van der Waals surface area contributed by atoms with Crippen molar-refractivity contribution < 1.29 is 0 Å². The number of benzene rings is 2. The van der Waals surface area contributed by atoms with Crippen LogP contribution in [0, 0.1) is 0 Å². The zero-order valence-corrected chi connectivity index (χ0v) is 16.9. The molecule has 1 aromatic heterocycles. The molecule has 2 fully saturated rings. The molecule has 2 atom stereocenters. The standard InChI is InChI=1S/C24H30N4O/c29-24-26-22-8-4-5-9-23(22)28(24)20-11-14-27(15-12-20)21-10-13-25-19(17-21)16-18-6-2-1-3-7-18/h1-9,19-21,25H,10-17H2,(H,26,29)/t19-,21-/m0/s1. The van der Waals surface area contributed by atoms with Gasteiger partial charge in [0.2, 0.25) is 0 Å². The molecule has 0 bridgehead atoms. The van der Waals surface area contributed by atoms with Crippen molar-refractivity contribution in [3.8, 4) is 0 Å². The SMILES string of the molecule is O=c1[nH]c2ccccc2n1C1CCN([C@H]2CCN[C@@H](Cc3ccccc3)C2)CC1. The molecule has 0 unspecified atom stereocenters. The van der Waals surface area contributed by atoms with Crippen molar-refractivity contribution in [1.82, 2.24) is 19.8 Å². The Hall–Kier alpha value is -2.37. The molecule has 2 aliphatic heterocycles. The smallest absolute Gasteiger partial charge is 0.314 e. The van der Waals surface area contributed by atoms with Crippen LogP contribution in [0.1, 0.15) is 37.3 Å². The maximum atomic E-state index is 12.5. The minimum atomic E-state index is 0.0365. The summed E-state index contributed by atoms with van der Waals surface area (Å²) in [4.78, 5) is 18.2. The molecule has 0 saturated carbocycles. The summed E-state index contributed by atoms with van der Waals surface area (Å²) in [7, 11) is 0. The molecule has 5 nitrogen and oxygen atoms in total. The van der Waals surface area contributed by atoms with E-state index >= 15 is 0 Å². The van der Waals surface area contributed by atoms with Crippen LogP contribution in [0.4, 0.5) is 0 Å². The van der Waals surface area contributed by atoms with Gasteiger partial charge in [0.25, 0.3) is 0 Å². The lowest BCUT2D eigenvalue weighted by Crippen LogP contribution is -2.51. The van der Waals surface area contributed by atoms with E-state index in [4.69, 9.17) is 0 Å². The number of H-pyrrole nitrogens is 1. The molecule has 2 aliphatic rings. The van der Waals surface area contributed by atoms with E-state index in [0.717, 1.165) is 49.9 Å². The van der Waals surface area contributed by atoms with Crippen LogP contribution in [0.3, 0.4) is 0 Å². The highest BCUT2D eigenvalue weighted by atomic mass is 16.1. The Labute approximate surface area is 171 Å². The monoisotopic (exact) mass is 390 g/mol. The Morgan fingerprint density at radius 1 is 0.897 bits per heavy atom. The van der Waals surface area contributed by atoms with Crippen molar-refractivity contribution in [2.75, 3.05) is 19.6 Å². The first-order chi connectivity index (χ1) is 14.3. The van der Waals surface area contributed by atoms with Gasteiger partial charge in [-0.2, -0.15) is 0 Å². The lowest BCUT2D eigenvalue weighted by Gasteiger charge is -2.42. The molecule has 0 amide bonds. The fourth-order valence-corrected chi connectivity index (χ4v) is 5.32. The molecule has 29 heavy (non-hydrogen) atoms. The van der Waals surface area contributed by atoms with Crippen LogP contribution in [0.5, 0.6) is 0 Å². The summed E-state index contributed by atoms with van der Waals surface area (Å²) in [5, 5.41) is 3.72. The van der Waals surface area contributed by atoms with Crippen LogP contribution in [0.2, 0.25) is 0 Å². The normalized spacial score (nSPS) is 24.1. The molecule has 0 spiro atoms. The Bertz CT molecular complexity index is 1000. The van der Waals surface area contributed by atoms with Crippen molar-refractivity contribution >= 4 is 11.0 Å². The van der Waals surface area contributed by atoms with Gasteiger partial charge in [-0.25, -0.2) is 4.79 Å². The first-order valence-corrected chi connectivity index (χ1v) is 11.0. The van der Waals surface area contributed by atoms with Crippen LogP contribution in [-0.4, -0.2) is 46.2 Å². The molecule has 5 rings (SSSR count). The average molecular weight is 391 g/mol. The third kappa shape index (κ3) is 3.89. The van der Waals surface area contributed by atoms with Crippen molar-refractivity contribution in [2.45, 2.75) is 50.2 Å².